The zero-order chi connectivity index (χ0) is 18.5. The second-order valence-electron chi connectivity index (χ2n) is 10.6. The Morgan fingerprint density at radius 1 is 1.04 bits per heavy atom. The van der Waals surface area contributed by atoms with E-state index in [-0.39, 0.29) is 10.8 Å². The molecule has 27 heavy (non-hydrogen) atoms. The highest BCUT2D eigenvalue weighted by Crippen LogP contribution is 2.71. The Bertz CT molecular complexity index is 708. The Kier molecular flexibility index (Phi) is 4.27. The molecule has 146 valence electrons. The number of benzene rings is 1. The molecular weight excluding hydrogens is 330 g/mol. The van der Waals surface area contributed by atoms with E-state index in [2.05, 4.69) is 42.6 Å². The molecule has 4 atom stereocenters. The Labute approximate surface area is 164 Å². The summed E-state index contributed by atoms with van der Waals surface area (Å²) in [6, 6.07) is 11.2. The Hall–Kier alpha value is -1.15. The van der Waals surface area contributed by atoms with Gasteiger partial charge in [0.05, 0.1) is 0 Å². The van der Waals surface area contributed by atoms with Crippen LogP contribution in [-0.2, 0) is 10.2 Å². The first-order valence-corrected chi connectivity index (χ1v) is 11.4. The molecular formula is C25H35NO. The van der Waals surface area contributed by atoms with Crippen molar-refractivity contribution in [2.45, 2.75) is 76.5 Å². The molecule has 0 aromatic heterocycles. The van der Waals surface area contributed by atoms with E-state index in [9.17, 15) is 4.79 Å². The fourth-order valence-electron chi connectivity index (χ4n) is 8.02. The SMILES string of the molecule is CCC12CC3CC(C(=O)CC4CCNCC4)(C1)CC(c1ccccc1)(C3)C2. The summed E-state index contributed by atoms with van der Waals surface area (Å²) < 4.78 is 0. The molecule has 5 aliphatic rings. The summed E-state index contributed by atoms with van der Waals surface area (Å²) in [5.41, 5.74) is 2.18. The lowest BCUT2D eigenvalue weighted by Gasteiger charge is -2.66. The van der Waals surface area contributed by atoms with Crippen molar-refractivity contribution in [1.82, 2.24) is 5.32 Å². The maximum atomic E-state index is 13.8. The second-order valence-corrected chi connectivity index (χ2v) is 10.6. The van der Waals surface area contributed by atoms with Crippen LogP contribution in [0.1, 0.15) is 76.7 Å². The fourth-order valence-corrected chi connectivity index (χ4v) is 8.02. The van der Waals surface area contributed by atoms with E-state index in [0.29, 0.717) is 17.1 Å². The monoisotopic (exact) mass is 365 g/mol. The summed E-state index contributed by atoms with van der Waals surface area (Å²) in [5, 5.41) is 3.45. The standard InChI is InChI=1S/C25H35NO/c1-2-23-13-20-14-24(16-23,21-6-4-3-5-7-21)18-25(15-20,17-23)22(27)12-19-8-10-26-11-9-19/h3-7,19-20,26H,2,8-18H2,1H3. The minimum absolute atomic E-state index is 0.0177. The largest absolute Gasteiger partial charge is 0.317 e. The highest BCUT2D eigenvalue weighted by molar-refractivity contribution is 5.86. The molecule has 1 aromatic carbocycles. The third-order valence-corrected chi connectivity index (χ3v) is 8.84. The van der Waals surface area contributed by atoms with Crippen molar-refractivity contribution >= 4 is 5.78 Å². The average Bonchev–Trinajstić information content (AvgIpc) is 2.68. The summed E-state index contributed by atoms with van der Waals surface area (Å²) in [6.07, 6.45) is 12.0. The number of carbonyl (C=O) groups is 1. The Balaban J connectivity index is 1.48. The number of nitrogens with one attached hydrogen (secondary N) is 1. The van der Waals surface area contributed by atoms with Gasteiger partial charge in [-0.1, -0.05) is 43.7 Å². The Morgan fingerprint density at radius 2 is 1.81 bits per heavy atom. The van der Waals surface area contributed by atoms with Gasteiger partial charge in [-0.15, -0.1) is 0 Å². The number of carbonyl (C=O) groups excluding carboxylic acids is 1. The van der Waals surface area contributed by atoms with E-state index < -0.39 is 0 Å². The maximum absolute atomic E-state index is 13.8. The van der Waals surface area contributed by atoms with Crippen LogP contribution in [0, 0.1) is 22.7 Å². The molecule has 2 heteroatoms. The lowest BCUT2D eigenvalue weighted by molar-refractivity contribution is -0.162. The first kappa shape index (κ1) is 17.9. The summed E-state index contributed by atoms with van der Waals surface area (Å²) in [7, 11) is 0. The van der Waals surface area contributed by atoms with Crippen LogP contribution in [0.2, 0.25) is 0 Å². The van der Waals surface area contributed by atoms with E-state index in [1.807, 2.05) is 0 Å². The minimum atomic E-state index is -0.0177. The van der Waals surface area contributed by atoms with Gasteiger partial charge in [-0.2, -0.15) is 0 Å². The molecule has 1 saturated heterocycles. The molecule has 4 saturated carbocycles. The van der Waals surface area contributed by atoms with Crippen LogP contribution in [0.25, 0.3) is 0 Å². The lowest BCUT2D eigenvalue weighted by atomic mass is 9.37. The van der Waals surface area contributed by atoms with Crippen LogP contribution in [0.3, 0.4) is 0 Å². The highest BCUT2D eigenvalue weighted by atomic mass is 16.1. The molecule has 0 radical (unpaired) electrons. The molecule has 6 rings (SSSR count). The van der Waals surface area contributed by atoms with Gasteiger partial charge >= 0.3 is 0 Å². The van der Waals surface area contributed by atoms with Gasteiger partial charge in [-0.25, -0.2) is 0 Å². The predicted octanol–water partition coefficient (Wildman–Crippen LogP) is 5.26. The van der Waals surface area contributed by atoms with Crippen molar-refractivity contribution in [2.24, 2.45) is 22.7 Å². The summed E-state index contributed by atoms with van der Waals surface area (Å²) in [6.45, 7) is 4.58. The van der Waals surface area contributed by atoms with E-state index in [1.54, 1.807) is 0 Å². The van der Waals surface area contributed by atoms with Crippen molar-refractivity contribution < 1.29 is 4.79 Å². The van der Waals surface area contributed by atoms with Crippen LogP contribution in [-0.4, -0.2) is 18.9 Å². The zero-order valence-electron chi connectivity index (χ0n) is 16.9. The first-order chi connectivity index (χ1) is 13.1. The topological polar surface area (TPSA) is 29.1 Å². The van der Waals surface area contributed by atoms with Gasteiger partial charge in [-0.3, -0.25) is 4.79 Å². The minimum Gasteiger partial charge on any atom is -0.317 e. The van der Waals surface area contributed by atoms with Crippen LogP contribution < -0.4 is 5.32 Å². The molecule has 0 spiro atoms. The first-order valence-electron chi connectivity index (χ1n) is 11.4. The molecule has 2 nitrogen and oxygen atoms in total. The van der Waals surface area contributed by atoms with Gasteiger partial charge in [0.1, 0.15) is 5.78 Å². The van der Waals surface area contributed by atoms with E-state index >= 15 is 0 Å². The highest BCUT2D eigenvalue weighted by Gasteiger charge is 2.64. The number of ketones is 1. The van der Waals surface area contributed by atoms with Gasteiger partial charge in [0.2, 0.25) is 0 Å². The summed E-state index contributed by atoms with van der Waals surface area (Å²) in [4.78, 5) is 13.8. The number of hydrogen-bond acceptors (Lipinski definition) is 2. The van der Waals surface area contributed by atoms with Gasteiger partial charge in [0.15, 0.2) is 0 Å². The lowest BCUT2D eigenvalue weighted by Crippen LogP contribution is -2.61. The summed E-state index contributed by atoms with van der Waals surface area (Å²) >= 11 is 0. The number of hydrogen-bond donors (Lipinski definition) is 1. The van der Waals surface area contributed by atoms with Crippen molar-refractivity contribution in [3.63, 3.8) is 0 Å². The van der Waals surface area contributed by atoms with Crippen molar-refractivity contribution in [1.29, 1.82) is 0 Å². The molecule has 1 heterocycles. The van der Waals surface area contributed by atoms with Gasteiger partial charge in [-0.05, 0) is 92.7 Å². The smallest absolute Gasteiger partial charge is 0.139 e. The molecule has 0 amide bonds. The van der Waals surface area contributed by atoms with E-state index in [4.69, 9.17) is 0 Å². The molecule has 4 aliphatic carbocycles. The molecule has 4 unspecified atom stereocenters. The van der Waals surface area contributed by atoms with Gasteiger partial charge < -0.3 is 5.32 Å². The Morgan fingerprint density at radius 3 is 2.56 bits per heavy atom. The number of rotatable bonds is 5. The number of Topliss-reactive ketones (excluding diaryl/α,β-unsaturated/α-hetero) is 1. The molecule has 1 aromatic rings. The fraction of sp³-hybridized carbons (Fsp3) is 0.720. The maximum Gasteiger partial charge on any atom is 0.139 e. The molecule has 1 N–H and O–H groups in total. The van der Waals surface area contributed by atoms with E-state index in [1.165, 1.54) is 56.9 Å². The average molecular weight is 366 g/mol. The van der Waals surface area contributed by atoms with Crippen molar-refractivity contribution in [2.75, 3.05) is 13.1 Å². The molecule has 4 bridgehead atoms. The molecule has 1 aliphatic heterocycles. The van der Waals surface area contributed by atoms with Crippen LogP contribution in [0.4, 0.5) is 0 Å². The molecule has 5 fully saturated rings. The summed E-state index contributed by atoms with van der Waals surface area (Å²) in [5.74, 6) is 2.02. The third kappa shape index (κ3) is 2.90. The zero-order valence-corrected chi connectivity index (χ0v) is 16.9. The quantitative estimate of drug-likeness (QED) is 0.771. The van der Waals surface area contributed by atoms with Gasteiger partial charge in [0, 0.05) is 11.8 Å². The van der Waals surface area contributed by atoms with Crippen molar-refractivity contribution in [3.05, 3.63) is 35.9 Å². The van der Waals surface area contributed by atoms with Crippen molar-refractivity contribution in [3.8, 4) is 0 Å². The second kappa shape index (κ2) is 6.44. The van der Waals surface area contributed by atoms with Crippen LogP contribution in [0.15, 0.2) is 30.3 Å². The van der Waals surface area contributed by atoms with E-state index in [0.717, 1.165) is 31.8 Å². The van der Waals surface area contributed by atoms with Crippen LogP contribution in [0.5, 0.6) is 0 Å². The third-order valence-electron chi connectivity index (χ3n) is 8.84. The normalized spacial score (nSPS) is 41.0. The van der Waals surface area contributed by atoms with Crippen LogP contribution >= 0.6 is 0 Å². The predicted molar refractivity (Wildman–Crippen MR) is 110 cm³/mol. The number of piperidine rings is 1. The van der Waals surface area contributed by atoms with Gasteiger partial charge in [0.25, 0.3) is 0 Å².